The molecule has 1 aromatic rings. The van der Waals surface area contributed by atoms with Gasteiger partial charge in [0, 0.05) is 12.8 Å². The Morgan fingerprint density at radius 2 is 1.90 bits per heavy atom. The van der Waals surface area contributed by atoms with E-state index in [-0.39, 0.29) is 5.92 Å². The van der Waals surface area contributed by atoms with Gasteiger partial charge in [-0.3, -0.25) is 5.32 Å². The minimum Gasteiger partial charge on any atom is -0.437 e. The molecule has 2 rings (SSSR count). The summed E-state index contributed by atoms with van der Waals surface area (Å²) in [5, 5.41) is 2.70. The molecule has 1 fully saturated rings. The molecule has 0 aromatic heterocycles. The van der Waals surface area contributed by atoms with E-state index in [0.29, 0.717) is 12.8 Å². The second-order valence-corrected chi connectivity index (χ2v) is 5.58. The van der Waals surface area contributed by atoms with Crippen LogP contribution in [0.2, 0.25) is 0 Å². The van der Waals surface area contributed by atoms with Crippen molar-refractivity contribution >= 4 is 5.97 Å². The van der Waals surface area contributed by atoms with Crippen molar-refractivity contribution < 1.29 is 22.7 Å². The number of aryl methyl sites for hydroxylation is 2. The first-order chi connectivity index (χ1) is 9.67. The third-order valence-electron chi connectivity index (χ3n) is 4.13. The third kappa shape index (κ3) is 3.20. The standard InChI is InChI=1S/C15H18F3NO2/c1-9-4-5-11(6-10(9)2)12-7-14(8-12,19-3)21-13(20)15(16,17)18/h4-6,12,19H,7-8H2,1-3H3. The predicted molar refractivity (Wildman–Crippen MR) is 71.8 cm³/mol. The molecule has 1 N–H and O–H groups in total. The predicted octanol–water partition coefficient (Wildman–Crippen LogP) is 3.20. The van der Waals surface area contributed by atoms with Gasteiger partial charge in [-0.05, 0) is 43.5 Å². The molecule has 0 heterocycles. The van der Waals surface area contributed by atoms with Gasteiger partial charge in [0.15, 0.2) is 5.72 Å². The summed E-state index contributed by atoms with van der Waals surface area (Å²) >= 11 is 0. The van der Waals surface area contributed by atoms with Gasteiger partial charge in [0.2, 0.25) is 0 Å². The molecule has 21 heavy (non-hydrogen) atoms. The van der Waals surface area contributed by atoms with Gasteiger partial charge in [-0.15, -0.1) is 0 Å². The molecular formula is C15H18F3NO2. The number of hydrogen-bond donors (Lipinski definition) is 1. The Morgan fingerprint density at radius 3 is 2.38 bits per heavy atom. The topological polar surface area (TPSA) is 38.3 Å². The molecule has 3 nitrogen and oxygen atoms in total. The maximum Gasteiger partial charge on any atom is 0.490 e. The van der Waals surface area contributed by atoms with Gasteiger partial charge < -0.3 is 4.74 Å². The molecule has 116 valence electrons. The van der Waals surface area contributed by atoms with Crippen molar-refractivity contribution in [1.82, 2.24) is 5.32 Å². The average molecular weight is 301 g/mol. The van der Waals surface area contributed by atoms with E-state index in [2.05, 4.69) is 10.1 Å². The van der Waals surface area contributed by atoms with E-state index in [1.807, 2.05) is 32.0 Å². The van der Waals surface area contributed by atoms with E-state index >= 15 is 0 Å². The first-order valence-electron chi connectivity index (χ1n) is 6.73. The number of hydrogen-bond acceptors (Lipinski definition) is 3. The SMILES string of the molecule is CNC1(OC(=O)C(F)(F)F)CC(c2ccc(C)c(C)c2)C1. The molecule has 0 aliphatic heterocycles. The van der Waals surface area contributed by atoms with Crippen LogP contribution >= 0.6 is 0 Å². The summed E-state index contributed by atoms with van der Waals surface area (Å²) in [7, 11) is 1.50. The molecule has 0 unspecified atom stereocenters. The number of carbonyl (C=O) groups is 1. The van der Waals surface area contributed by atoms with Crippen LogP contribution in [0.4, 0.5) is 13.2 Å². The Morgan fingerprint density at radius 1 is 1.29 bits per heavy atom. The maximum absolute atomic E-state index is 12.3. The lowest BCUT2D eigenvalue weighted by Gasteiger charge is -2.46. The smallest absolute Gasteiger partial charge is 0.437 e. The molecule has 1 aliphatic rings. The van der Waals surface area contributed by atoms with Crippen LogP contribution in [0.3, 0.4) is 0 Å². The Bertz CT molecular complexity index is 548. The Balaban J connectivity index is 2.05. The van der Waals surface area contributed by atoms with Crippen molar-refractivity contribution in [1.29, 1.82) is 0 Å². The lowest BCUT2D eigenvalue weighted by atomic mass is 9.72. The zero-order chi connectivity index (χ0) is 15.8. The summed E-state index contributed by atoms with van der Waals surface area (Å²) in [4.78, 5) is 11.0. The zero-order valence-electron chi connectivity index (χ0n) is 12.2. The number of alkyl halides is 3. The fourth-order valence-corrected chi connectivity index (χ4v) is 2.56. The molecule has 0 amide bonds. The summed E-state index contributed by atoms with van der Waals surface area (Å²) in [5.41, 5.74) is 2.16. The number of rotatable bonds is 3. The zero-order valence-corrected chi connectivity index (χ0v) is 12.2. The largest absolute Gasteiger partial charge is 0.490 e. The van der Waals surface area contributed by atoms with E-state index in [9.17, 15) is 18.0 Å². The molecule has 0 bridgehead atoms. The summed E-state index contributed by atoms with van der Waals surface area (Å²) in [6.45, 7) is 4.00. The molecule has 0 atom stereocenters. The molecular weight excluding hydrogens is 283 g/mol. The highest BCUT2D eigenvalue weighted by Crippen LogP contribution is 2.46. The van der Waals surface area contributed by atoms with Crippen LogP contribution in [0.1, 0.15) is 35.4 Å². The van der Waals surface area contributed by atoms with Gasteiger partial charge in [0.25, 0.3) is 0 Å². The van der Waals surface area contributed by atoms with Crippen LogP contribution in [0, 0.1) is 13.8 Å². The molecule has 1 aliphatic carbocycles. The lowest BCUT2D eigenvalue weighted by Crippen LogP contribution is -2.57. The molecule has 6 heteroatoms. The molecule has 0 radical (unpaired) electrons. The van der Waals surface area contributed by atoms with Crippen LogP contribution < -0.4 is 5.32 Å². The number of carbonyl (C=O) groups excluding carboxylic acids is 1. The number of esters is 1. The van der Waals surface area contributed by atoms with Crippen molar-refractivity contribution in [3.05, 3.63) is 34.9 Å². The van der Waals surface area contributed by atoms with Crippen LogP contribution in [0.25, 0.3) is 0 Å². The van der Waals surface area contributed by atoms with Crippen molar-refractivity contribution in [2.24, 2.45) is 0 Å². The summed E-state index contributed by atoms with van der Waals surface area (Å²) in [6.07, 6.45) is -4.28. The molecule has 1 aromatic carbocycles. The Labute approximate surface area is 121 Å². The monoisotopic (exact) mass is 301 g/mol. The minimum atomic E-state index is -4.96. The van der Waals surface area contributed by atoms with E-state index in [1.165, 1.54) is 12.6 Å². The van der Waals surface area contributed by atoms with Gasteiger partial charge in [-0.1, -0.05) is 18.2 Å². The van der Waals surface area contributed by atoms with Crippen molar-refractivity contribution in [3.63, 3.8) is 0 Å². The fourth-order valence-electron chi connectivity index (χ4n) is 2.56. The number of nitrogens with one attached hydrogen (secondary N) is 1. The van der Waals surface area contributed by atoms with Crippen LogP contribution in [0.5, 0.6) is 0 Å². The molecule has 0 saturated heterocycles. The molecule has 1 saturated carbocycles. The second kappa shape index (κ2) is 5.33. The first kappa shape index (κ1) is 15.8. The Kier molecular flexibility index (Phi) is 4.02. The quantitative estimate of drug-likeness (QED) is 0.688. The number of halogens is 3. The normalized spacial score (nSPS) is 25.3. The van der Waals surface area contributed by atoms with Gasteiger partial charge >= 0.3 is 12.1 Å². The maximum atomic E-state index is 12.3. The summed E-state index contributed by atoms with van der Waals surface area (Å²) in [6, 6.07) is 6.00. The number of ether oxygens (including phenoxy) is 1. The van der Waals surface area contributed by atoms with E-state index in [0.717, 1.165) is 11.1 Å². The van der Waals surface area contributed by atoms with Crippen molar-refractivity contribution in [2.45, 2.75) is 44.5 Å². The Hall–Kier alpha value is -1.56. The average Bonchev–Trinajstić information content (AvgIpc) is 2.35. The van der Waals surface area contributed by atoms with Gasteiger partial charge in [0.1, 0.15) is 0 Å². The highest BCUT2D eigenvalue weighted by atomic mass is 19.4. The van der Waals surface area contributed by atoms with Crippen LogP contribution in [-0.4, -0.2) is 24.9 Å². The lowest BCUT2D eigenvalue weighted by molar-refractivity contribution is -0.226. The minimum absolute atomic E-state index is 0.0952. The van der Waals surface area contributed by atoms with E-state index < -0.39 is 17.9 Å². The van der Waals surface area contributed by atoms with Gasteiger partial charge in [-0.25, -0.2) is 4.79 Å². The second-order valence-electron chi connectivity index (χ2n) is 5.58. The summed E-state index contributed by atoms with van der Waals surface area (Å²) in [5.74, 6) is -2.05. The van der Waals surface area contributed by atoms with E-state index in [4.69, 9.17) is 0 Å². The highest BCUT2D eigenvalue weighted by Gasteiger charge is 2.52. The first-order valence-corrected chi connectivity index (χ1v) is 6.73. The molecule has 0 spiro atoms. The highest BCUT2D eigenvalue weighted by molar-refractivity contribution is 5.76. The fraction of sp³-hybridized carbons (Fsp3) is 0.533. The van der Waals surface area contributed by atoms with Gasteiger partial charge in [0.05, 0.1) is 0 Å². The van der Waals surface area contributed by atoms with Crippen molar-refractivity contribution in [2.75, 3.05) is 7.05 Å². The van der Waals surface area contributed by atoms with Gasteiger partial charge in [-0.2, -0.15) is 13.2 Å². The van der Waals surface area contributed by atoms with E-state index in [1.54, 1.807) is 0 Å². The number of benzene rings is 1. The van der Waals surface area contributed by atoms with Crippen LogP contribution in [-0.2, 0) is 9.53 Å². The van der Waals surface area contributed by atoms with Crippen LogP contribution in [0.15, 0.2) is 18.2 Å². The van der Waals surface area contributed by atoms with Crippen molar-refractivity contribution in [3.8, 4) is 0 Å². The third-order valence-corrected chi connectivity index (χ3v) is 4.13. The summed E-state index contributed by atoms with van der Waals surface area (Å²) < 4.78 is 41.5.